The van der Waals surface area contributed by atoms with Gasteiger partial charge in [-0.1, -0.05) is 25.1 Å². The summed E-state index contributed by atoms with van der Waals surface area (Å²) < 4.78 is 9.81. The van der Waals surface area contributed by atoms with Crippen LogP contribution in [0.15, 0.2) is 54.6 Å². The Morgan fingerprint density at radius 3 is 2.12 bits per heavy atom. The average Bonchev–Trinajstić information content (AvgIpc) is 2.84. The van der Waals surface area contributed by atoms with Gasteiger partial charge < -0.3 is 14.8 Å². The molecule has 0 radical (unpaired) electrons. The van der Waals surface area contributed by atoms with E-state index in [-0.39, 0.29) is 12.8 Å². The van der Waals surface area contributed by atoms with Crippen LogP contribution >= 0.6 is 0 Å². The van der Waals surface area contributed by atoms with Crippen molar-refractivity contribution in [1.82, 2.24) is 10.9 Å². The van der Waals surface area contributed by atoms with E-state index in [0.29, 0.717) is 23.4 Å². The number of benzene rings is 2. The van der Waals surface area contributed by atoms with Crippen molar-refractivity contribution in [2.75, 3.05) is 18.5 Å². The zero-order valence-corrected chi connectivity index (χ0v) is 18.1. The van der Waals surface area contributed by atoms with Gasteiger partial charge in [0.25, 0.3) is 11.8 Å². The highest BCUT2D eigenvalue weighted by atomic mass is 16.5. The fourth-order valence-corrected chi connectivity index (χ4v) is 2.45. The van der Waals surface area contributed by atoms with Crippen LogP contribution in [0.3, 0.4) is 0 Å². The van der Waals surface area contributed by atoms with E-state index in [1.807, 2.05) is 6.92 Å². The summed E-state index contributed by atoms with van der Waals surface area (Å²) >= 11 is 0. The summed E-state index contributed by atoms with van der Waals surface area (Å²) in [5.74, 6) is -2.87. The number of amides is 3. The first-order valence-corrected chi connectivity index (χ1v) is 10.3. The highest BCUT2D eigenvalue weighted by molar-refractivity contribution is 5.96. The monoisotopic (exact) mass is 455 g/mol. The lowest BCUT2D eigenvalue weighted by molar-refractivity contribution is -0.149. The summed E-state index contributed by atoms with van der Waals surface area (Å²) in [4.78, 5) is 59.0. The van der Waals surface area contributed by atoms with Gasteiger partial charge in [0.15, 0.2) is 6.61 Å². The highest BCUT2D eigenvalue weighted by Crippen LogP contribution is 2.11. The first-order valence-electron chi connectivity index (χ1n) is 10.3. The van der Waals surface area contributed by atoms with Crippen LogP contribution in [0.1, 0.15) is 46.9 Å². The third kappa shape index (κ3) is 9.21. The Hall–Kier alpha value is -4.21. The van der Waals surface area contributed by atoms with Crippen LogP contribution in [0.4, 0.5) is 5.69 Å². The number of nitrogens with one attached hydrogen (secondary N) is 3. The summed E-state index contributed by atoms with van der Waals surface area (Å²) in [5.41, 5.74) is 5.50. The SMILES string of the molecule is CCCOC(=O)c1ccc(NC(=O)CCC(=O)OCC(=O)NNC(=O)c2ccccc2)cc1. The lowest BCUT2D eigenvalue weighted by atomic mass is 10.2. The molecule has 0 unspecified atom stereocenters. The first-order chi connectivity index (χ1) is 15.9. The van der Waals surface area contributed by atoms with Gasteiger partial charge >= 0.3 is 11.9 Å². The van der Waals surface area contributed by atoms with Gasteiger partial charge in [-0.15, -0.1) is 0 Å². The summed E-state index contributed by atoms with van der Waals surface area (Å²) in [6.07, 6.45) is 0.320. The molecule has 0 atom stereocenters. The Kier molecular flexibility index (Phi) is 10.1. The Morgan fingerprint density at radius 2 is 1.45 bits per heavy atom. The van der Waals surface area contributed by atoms with Crippen molar-refractivity contribution in [2.24, 2.45) is 0 Å². The van der Waals surface area contributed by atoms with Crippen LogP contribution in [-0.4, -0.2) is 42.9 Å². The molecule has 0 aromatic heterocycles. The number of rotatable bonds is 10. The Bertz CT molecular complexity index is 975. The van der Waals surface area contributed by atoms with E-state index >= 15 is 0 Å². The second-order valence-electron chi connectivity index (χ2n) is 6.79. The molecule has 174 valence electrons. The number of ether oxygens (including phenoxy) is 2. The van der Waals surface area contributed by atoms with Crippen LogP contribution in [-0.2, 0) is 23.9 Å². The van der Waals surface area contributed by atoms with Crippen LogP contribution in [0.25, 0.3) is 0 Å². The Labute approximate surface area is 190 Å². The minimum atomic E-state index is -0.747. The van der Waals surface area contributed by atoms with Gasteiger partial charge in [0, 0.05) is 17.7 Å². The third-order valence-corrected chi connectivity index (χ3v) is 4.11. The first kappa shape index (κ1) is 25.1. The van der Waals surface area contributed by atoms with E-state index in [9.17, 15) is 24.0 Å². The zero-order chi connectivity index (χ0) is 24.1. The lowest BCUT2D eigenvalue weighted by Crippen LogP contribution is -2.43. The maximum absolute atomic E-state index is 12.0. The Morgan fingerprint density at radius 1 is 0.758 bits per heavy atom. The number of anilines is 1. The van der Waals surface area contributed by atoms with Crippen molar-refractivity contribution in [3.8, 4) is 0 Å². The lowest BCUT2D eigenvalue weighted by Gasteiger charge is -2.09. The molecule has 0 fully saturated rings. The molecule has 33 heavy (non-hydrogen) atoms. The number of carbonyl (C=O) groups excluding carboxylic acids is 5. The molecular weight excluding hydrogens is 430 g/mol. The van der Waals surface area contributed by atoms with Gasteiger partial charge in [-0.25, -0.2) is 4.79 Å². The third-order valence-electron chi connectivity index (χ3n) is 4.11. The summed E-state index contributed by atoms with van der Waals surface area (Å²) in [6, 6.07) is 14.4. The van der Waals surface area contributed by atoms with E-state index < -0.39 is 36.3 Å². The molecular formula is C23H25N3O7. The van der Waals surface area contributed by atoms with Gasteiger partial charge in [0.05, 0.1) is 18.6 Å². The fourth-order valence-electron chi connectivity index (χ4n) is 2.45. The van der Waals surface area contributed by atoms with Gasteiger partial charge in [0.2, 0.25) is 5.91 Å². The van der Waals surface area contributed by atoms with Crippen molar-refractivity contribution >= 4 is 35.3 Å². The number of carbonyl (C=O) groups is 5. The predicted octanol–water partition coefficient (Wildman–Crippen LogP) is 1.98. The van der Waals surface area contributed by atoms with Crippen molar-refractivity contribution in [2.45, 2.75) is 26.2 Å². The van der Waals surface area contributed by atoms with Gasteiger partial charge in [-0.3, -0.25) is 30.0 Å². The highest BCUT2D eigenvalue weighted by Gasteiger charge is 2.12. The van der Waals surface area contributed by atoms with E-state index in [4.69, 9.17) is 9.47 Å². The number of hydrazine groups is 1. The van der Waals surface area contributed by atoms with Crippen molar-refractivity contribution in [1.29, 1.82) is 0 Å². The van der Waals surface area contributed by atoms with E-state index in [2.05, 4.69) is 16.2 Å². The molecule has 3 amide bonds. The molecule has 0 saturated carbocycles. The normalized spacial score (nSPS) is 9.97. The summed E-state index contributed by atoms with van der Waals surface area (Å²) in [7, 11) is 0. The second-order valence-corrected chi connectivity index (χ2v) is 6.79. The molecule has 2 rings (SSSR count). The summed E-state index contributed by atoms with van der Waals surface area (Å²) in [6.45, 7) is 1.62. The maximum Gasteiger partial charge on any atom is 0.338 e. The summed E-state index contributed by atoms with van der Waals surface area (Å²) in [5, 5.41) is 2.59. The van der Waals surface area contributed by atoms with Crippen LogP contribution in [0.2, 0.25) is 0 Å². The van der Waals surface area contributed by atoms with E-state index in [0.717, 1.165) is 6.42 Å². The zero-order valence-electron chi connectivity index (χ0n) is 18.1. The largest absolute Gasteiger partial charge is 0.462 e. The maximum atomic E-state index is 12.0. The fraction of sp³-hybridized carbons (Fsp3) is 0.261. The van der Waals surface area contributed by atoms with Crippen LogP contribution < -0.4 is 16.2 Å². The average molecular weight is 455 g/mol. The minimum absolute atomic E-state index is 0.161. The molecule has 10 nitrogen and oxygen atoms in total. The van der Waals surface area contributed by atoms with Crippen molar-refractivity contribution in [3.63, 3.8) is 0 Å². The quantitative estimate of drug-likeness (QED) is 0.368. The standard InChI is InChI=1S/C23H25N3O7/c1-2-14-32-23(31)17-8-10-18(11-9-17)24-19(27)12-13-21(29)33-15-20(28)25-26-22(30)16-6-4-3-5-7-16/h3-11H,2,12-15H2,1H3,(H,24,27)(H,25,28)(H,26,30). The molecule has 2 aromatic carbocycles. The number of esters is 2. The van der Waals surface area contributed by atoms with Crippen LogP contribution in [0, 0.1) is 0 Å². The molecule has 0 aliphatic carbocycles. The van der Waals surface area contributed by atoms with E-state index in [1.165, 1.54) is 12.1 Å². The van der Waals surface area contributed by atoms with Gasteiger partial charge in [-0.2, -0.15) is 0 Å². The van der Waals surface area contributed by atoms with Crippen LogP contribution in [0.5, 0.6) is 0 Å². The molecule has 0 saturated heterocycles. The van der Waals surface area contributed by atoms with E-state index in [1.54, 1.807) is 42.5 Å². The molecule has 3 N–H and O–H groups in total. The van der Waals surface area contributed by atoms with Crippen molar-refractivity contribution < 1.29 is 33.4 Å². The molecule has 0 spiro atoms. The molecule has 0 heterocycles. The smallest absolute Gasteiger partial charge is 0.338 e. The molecule has 0 bridgehead atoms. The molecule has 0 aliphatic heterocycles. The van der Waals surface area contributed by atoms with Gasteiger partial charge in [0.1, 0.15) is 0 Å². The molecule has 2 aromatic rings. The molecule has 10 heteroatoms. The predicted molar refractivity (Wildman–Crippen MR) is 118 cm³/mol. The number of hydrogen-bond donors (Lipinski definition) is 3. The van der Waals surface area contributed by atoms with Crippen molar-refractivity contribution in [3.05, 3.63) is 65.7 Å². The second kappa shape index (κ2) is 13.3. The topological polar surface area (TPSA) is 140 Å². The van der Waals surface area contributed by atoms with Gasteiger partial charge in [-0.05, 0) is 42.8 Å². The Balaban J connectivity index is 1.64. The minimum Gasteiger partial charge on any atom is -0.462 e. The molecule has 0 aliphatic rings. The number of hydrogen-bond acceptors (Lipinski definition) is 7.